The van der Waals surface area contributed by atoms with Gasteiger partial charge in [0, 0.05) is 17.4 Å². The maximum atomic E-state index is 11.2. The van der Waals surface area contributed by atoms with Gasteiger partial charge in [0.15, 0.2) is 0 Å². The van der Waals surface area contributed by atoms with Crippen LogP contribution in [0.1, 0.15) is 29.6 Å². The number of anilines is 1. The lowest BCUT2D eigenvalue weighted by Gasteiger charge is -2.16. The van der Waals surface area contributed by atoms with E-state index in [1.807, 2.05) is 6.26 Å². The number of hydrogen-bond donors (Lipinski definition) is 2. The molecule has 0 heterocycles. The van der Waals surface area contributed by atoms with Crippen molar-refractivity contribution in [3.63, 3.8) is 0 Å². The Morgan fingerprint density at radius 2 is 2.25 bits per heavy atom. The van der Waals surface area contributed by atoms with Gasteiger partial charge in [0.25, 0.3) is 5.69 Å². The van der Waals surface area contributed by atoms with Crippen LogP contribution in [-0.2, 0) is 0 Å². The Morgan fingerprint density at radius 1 is 1.50 bits per heavy atom. The number of nitro groups is 1. The minimum absolute atomic E-state index is 0.0493. The summed E-state index contributed by atoms with van der Waals surface area (Å²) in [6, 6.07) is 4.20. The van der Waals surface area contributed by atoms with Crippen LogP contribution in [0.15, 0.2) is 18.2 Å². The SMILES string of the molecule is CSC1CCC(Nc2c(C(=O)O)cccc2[N+](=O)[O-])C1. The highest BCUT2D eigenvalue weighted by molar-refractivity contribution is 7.99. The van der Waals surface area contributed by atoms with E-state index in [0.29, 0.717) is 5.25 Å². The van der Waals surface area contributed by atoms with E-state index in [1.54, 1.807) is 11.8 Å². The molecule has 1 aliphatic rings. The van der Waals surface area contributed by atoms with E-state index in [4.69, 9.17) is 0 Å². The van der Waals surface area contributed by atoms with Crippen LogP contribution in [0.3, 0.4) is 0 Å². The number of nitrogens with one attached hydrogen (secondary N) is 1. The molecule has 0 aliphatic heterocycles. The largest absolute Gasteiger partial charge is 0.478 e. The number of rotatable bonds is 5. The van der Waals surface area contributed by atoms with Gasteiger partial charge in [-0.1, -0.05) is 6.07 Å². The first-order chi connectivity index (χ1) is 9.52. The molecule has 0 saturated heterocycles. The third kappa shape index (κ3) is 3.04. The molecule has 7 heteroatoms. The van der Waals surface area contributed by atoms with Gasteiger partial charge < -0.3 is 10.4 Å². The average molecular weight is 296 g/mol. The average Bonchev–Trinajstić information content (AvgIpc) is 2.86. The Morgan fingerprint density at radius 3 is 2.80 bits per heavy atom. The molecule has 0 amide bonds. The standard InChI is InChI=1S/C13H16N2O4S/c1-20-9-6-5-8(7-9)14-12-10(13(16)17)3-2-4-11(12)15(18)19/h2-4,8-9,14H,5-7H2,1H3,(H,16,17). The van der Waals surface area contributed by atoms with E-state index in [0.717, 1.165) is 19.3 Å². The zero-order valence-corrected chi connectivity index (χ0v) is 11.9. The Labute approximate surface area is 120 Å². The van der Waals surface area contributed by atoms with Crippen LogP contribution in [0, 0.1) is 10.1 Å². The Hall–Kier alpha value is -1.76. The van der Waals surface area contributed by atoms with Gasteiger partial charge in [0.1, 0.15) is 5.69 Å². The Balaban J connectivity index is 2.29. The highest BCUT2D eigenvalue weighted by Crippen LogP contribution is 2.34. The van der Waals surface area contributed by atoms with Crippen LogP contribution < -0.4 is 5.32 Å². The van der Waals surface area contributed by atoms with Gasteiger partial charge in [0.05, 0.1) is 10.5 Å². The number of aromatic carboxylic acids is 1. The number of nitrogens with zero attached hydrogens (tertiary/aromatic N) is 1. The Bertz CT molecular complexity index is 503. The fraction of sp³-hybridized carbons (Fsp3) is 0.462. The third-order valence-corrected chi connectivity index (χ3v) is 4.63. The highest BCUT2D eigenvalue weighted by Gasteiger charge is 2.28. The number of carboxylic acids is 1. The van der Waals surface area contributed by atoms with E-state index in [-0.39, 0.29) is 23.0 Å². The van der Waals surface area contributed by atoms with Crippen molar-refractivity contribution < 1.29 is 14.8 Å². The maximum absolute atomic E-state index is 11.2. The molecule has 0 bridgehead atoms. The number of thioether (sulfide) groups is 1. The van der Waals surface area contributed by atoms with Gasteiger partial charge in [-0.15, -0.1) is 0 Å². The van der Waals surface area contributed by atoms with Crippen molar-refractivity contribution in [3.05, 3.63) is 33.9 Å². The molecule has 2 atom stereocenters. The van der Waals surface area contributed by atoms with Gasteiger partial charge in [0.2, 0.25) is 0 Å². The summed E-state index contributed by atoms with van der Waals surface area (Å²) in [6.07, 6.45) is 4.88. The smallest absolute Gasteiger partial charge is 0.338 e. The molecule has 0 spiro atoms. The van der Waals surface area contributed by atoms with Crippen molar-refractivity contribution in [2.75, 3.05) is 11.6 Å². The number of carboxylic acid groups (broad SMARTS) is 1. The van der Waals surface area contributed by atoms with Gasteiger partial charge >= 0.3 is 5.97 Å². The molecular formula is C13H16N2O4S. The number of nitro benzene ring substituents is 1. The first-order valence-corrected chi connectivity index (χ1v) is 7.61. The van der Waals surface area contributed by atoms with Crippen LogP contribution >= 0.6 is 11.8 Å². The van der Waals surface area contributed by atoms with Crippen LogP contribution in [-0.4, -0.2) is 33.5 Å². The van der Waals surface area contributed by atoms with Gasteiger partial charge in [-0.2, -0.15) is 11.8 Å². The fourth-order valence-electron chi connectivity index (χ4n) is 2.51. The molecule has 6 nitrogen and oxygen atoms in total. The molecule has 108 valence electrons. The van der Waals surface area contributed by atoms with E-state index in [9.17, 15) is 20.0 Å². The van der Waals surface area contributed by atoms with Crippen LogP contribution in [0.25, 0.3) is 0 Å². The van der Waals surface area contributed by atoms with Crippen LogP contribution in [0.2, 0.25) is 0 Å². The molecular weight excluding hydrogens is 280 g/mol. The monoisotopic (exact) mass is 296 g/mol. The van der Waals surface area contributed by atoms with Crippen molar-refractivity contribution in [2.45, 2.75) is 30.6 Å². The number of hydrogen-bond acceptors (Lipinski definition) is 5. The molecule has 1 aromatic carbocycles. The first-order valence-electron chi connectivity index (χ1n) is 6.33. The number of para-hydroxylation sites is 1. The summed E-state index contributed by atoms with van der Waals surface area (Å²) in [6.45, 7) is 0. The molecule has 1 aromatic rings. The summed E-state index contributed by atoms with van der Waals surface area (Å²) in [5, 5.41) is 23.8. The normalized spacial score (nSPS) is 21.6. The van der Waals surface area contributed by atoms with Crippen LogP contribution in [0.4, 0.5) is 11.4 Å². The van der Waals surface area contributed by atoms with E-state index in [2.05, 4.69) is 5.32 Å². The van der Waals surface area contributed by atoms with Gasteiger partial charge in [-0.05, 0) is 31.6 Å². The first kappa shape index (κ1) is 14.6. The fourth-order valence-corrected chi connectivity index (χ4v) is 3.31. The molecule has 1 fully saturated rings. The van der Waals surface area contributed by atoms with E-state index < -0.39 is 10.9 Å². The summed E-state index contributed by atoms with van der Waals surface area (Å²) >= 11 is 1.78. The summed E-state index contributed by atoms with van der Waals surface area (Å²) in [5.74, 6) is -1.16. The van der Waals surface area contributed by atoms with Crippen molar-refractivity contribution in [2.24, 2.45) is 0 Å². The Kier molecular flexibility index (Phi) is 4.49. The molecule has 1 saturated carbocycles. The predicted octanol–water partition coefficient (Wildman–Crippen LogP) is 2.99. The molecule has 2 rings (SSSR count). The lowest BCUT2D eigenvalue weighted by atomic mass is 10.1. The van der Waals surface area contributed by atoms with Crippen molar-refractivity contribution in [1.82, 2.24) is 0 Å². The minimum atomic E-state index is -1.16. The zero-order chi connectivity index (χ0) is 14.7. The molecule has 0 radical (unpaired) electrons. The maximum Gasteiger partial charge on any atom is 0.338 e. The number of carbonyl (C=O) groups is 1. The van der Waals surface area contributed by atoms with Crippen molar-refractivity contribution >= 4 is 29.1 Å². The molecule has 20 heavy (non-hydrogen) atoms. The number of benzene rings is 1. The second-order valence-electron chi connectivity index (χ2n) is 4.77. The summed E-state index contributed by atoms with van der Waals surface area (Å²) in [4.78, 5) is 21.7. The van der Waals surface area contributed by atoms with Crippen molar-refractivity contribution in [3.8, 4) is 0 Å². The van der Waals surface area contributed by atoms with Crippen molar-refractivity contribution in [1.29, 1.82) is 0 Å². The highest BCUT2D eigenvalue weighted by atomic mass is 32.2. The zero-order valence-electron chi connectivity index (χ0n) is 11.0. The summed E-state index contributed by atoms with van der Waals surface area (Å²) in [7, 11) is 0. The predicted molar refractivity (Wildman–Crippen MR) is 78.6 cm³/mol. The molecule has 2 unspecified atom stereocenters. The van der Waals surface area contributed by atoms with E-state index >= 15 is 0 Å². The molecule has 2 N–H and O–H groups in total. The molecule has 1 aliphatic carbocycles. The van der Waals surface area contributed by atoms with Gasteiger partial charge in [-0.3, -0.25) is 10.1 Å². The van der Waals surface area contributed by atoms with E-state index in [1.165, 1.54) is 18.2 Å². The van der Waals surface area contributed by atoms with Crippen LogP contribution in [0.5, 0.6) is 0 Å². The van der Waals surface area contributed by atoms with Gasteiger partial charge in [-0.25, -0.2) is 4.79 Å². The lowest BCUT2D eigenvalue weighted by Crippen LogP contribution is -2.19. The second kappa shape index (κ2) is 6.13. The summed E-state index contributed by atoms with van der Waals surface area (Å²) < 4.78 is 0. The topological polar surface area (TPSA) is 92.5 Å². The minimum Gasteiger partial charge on any atom is -0.478 e. The summed E-state index contributed by atoms with van der Waals surface area (Å²) in [5.41, 5.74) is -0.110. The second-order valence-corrected chi connectivity index (χ2v) is 5.91. The quantitative estimate of drug-likeness (QED) is 0.641. The third-order valence-electron chi connectivity index (χ3n) is 3.54. The lowest BCUT2D eigenvalue weighted by molar-refractivity contribution is -0.384. The molecule has 0 aromatic heterocycles.